The Morgan fingerprint density at radius 2 is 2.00 bits per heavy atom. The molecule has 0 N–H and O–H groups in total. The number of hydrogen-bond acceptors (Lipinski definition) is 3. The number of hydrogen-bond donors (Lipinski definition) is 0. The van der Waals surface area contributed by atoms with Gasteiger partial charge in [0.25, 0.3) is 0 Å². The number of Topliss-reactive ketones (excluding diaryl/α,β-unsaturated/α-hetero) is 1. The van der Waals surface area contributed by atoms with Crippen LogP contribution in [0.2, 0.25) is 0 Å². The van der Waals surface area contributed by atoms with Crippen molar-refractivity contribution >= 4 is 5.78 Å². The summed E-state index contributed by atoms with van der Waals surface area (Å²) in [5, 5.41) is 0. The zero-order chi connectivity index (χ0) is 9.97. The Balaban J connectivity index is 1.82. The van der Waals surface area contributed by atoms with Crippen LogP contribution >= 0.6 is 0 Å². The minimum atomic E-state index is 0.433. The van der Waals surface area contributed by atoms with E-state index in [4.69, 9.17) is 4.74 Å². The van der Waals surface area contributed by atoms with E-state index in [0.29, 0.717) is 17.9 Å². The lowest BCUT2D eigenvalue weighted by molar-refractivity contribution is -0.121. The summed E-state index contributed by atoms with van der Waals surface area (Å²) in [5.41, 5.74) is 0. The molecule has 1 saturated carbocycles. The van der Waals surface area contributed by atoms with E-state index < -0.39 is 0 Å². The highest BCUT2D eigenvalue weighted by Gasteiger charge is 2.30. The second kappa shape index (κ2) is 4.41. The summed E-state index contributed by atoms with van der Waals surface area (Å²) in [7, 11) is 1.80. The normalized spacial score (nSPS) is 35.1. The fourth-order valence-corrected chi connectivity index (χ4v) is 2.60. The van der Waals surface area contributed by atoms with Crippen LogP contribution < -0.4 is 0 Å². The van der Waals surface area contributed by atoms with Gasteiger partial charge >= 0.3 is 0 Å². The summed E-state index contributed by atoms with van der Waals surface area (Å²) in [4.78, 5) is 13.6. The van der Waals surface area contributed by atoms with Crippen LogP contribution in [0.15, 0.2) is 0 Å². The Morgan fingerprint density at radius 1 is 1.29 bits per heavy atom. The van der Waals surface area contributed by atoms with Gasteiger partial charge in [-0.05, 0) is 19.3 Å². The van der Waals surface area contributed by atoms with Gasteiger partial charge in [-0.25, -0.2) is 0 Å². The third kappa shape index (κ3) is 2.15. The number of piperidine rings is 1. The van der Waals surface area contributed by atoms with E-state index in [9.17, 15) is 4.79 Å². The number of carbonyl (C=O) groups excluding carboxylic acids is 1. The fraction of sp³-hybridized carbons (Fsp3) is 0.909. The smallest absolute Gasteiger partial charge is 0.135 e. The number of methoxy groups -OCH3 is 1. The van der Waals surface area contributed by atoms with Gasteiger partial charge in [-0.15, -0.1) is 0 Å². The zero-order valence-electron chi connectivity index (χ0n) is 8.87. The Bertz CT molecular complexity index is 207. The number of likely N-dealkylation sites (tertiary alicyclic amines) is 1. The second-order valence-corrected chi connectivity index (χ2v) is 4.40. The Morgan fingerprint density at radius 3 is 2.57 bits per heavy atom. The highest BCUT2D eigenvalue weighted by atomic mass is 16.5. The van der Waals surface area contributed by atoms with E-state index >= 15 is 0 Å². The van der Waals surface area contributed by atoms with Gasteiger partial charge < -0.3 is 4.74 Å². The fourth-order valence-electron chi connectivity index (χ4n) is 2.60. The largest absolute Gasteiger partial charge is 0.381 e. The van der Waals surface area contributed by atoms with Crippen molar-refractivity contribution in [2.24, 2.45) is 0 Å². The lowest BCUT2D eigenvalue weighted by Crippen LogP contribution is -2.40. The summed E-state index contributed by atoms with van der Waals surface area (Å²) in [5.74, 6) is 0.433. The van der Waals surface area contributed by atoms with Gasteiger partial charge in [-0.1, -0.05) is 0 Å². The number of carbonyl (C=O) groups is 1. The summed E-state index contributed by atoms with van der Waals surface area (Å²) in [6, 6.07) is 0.674. The quantitative estimate of drug-likeness (QED) is 0.666. The van der Waals surface area contributed by atoms with Crippen molar-refractivity contribution in [2.75, 3.05) is 20.2 Å². The molecule has 0 amide bonds. The van der Waals surface area contributed by atoms with Crippen LogP contribution in [0.5, 0.6) is 0 Å². The summed E-state index contributed by atoms with van der Waals surface area (Å²) in [6.45, 7) is 1.94. The molecule has 3 heteroatoms. The number of ether oxygens (including phenoxy) is 1. The van der Waals surface area contributed by atoms with E-state index in [1.165, 1.54) is 12.8 Å². The Hall–Kier alpha value is -0.410. The molecule has 0 radical (unpaired) electrons. The van der Waals surface area contributed by atoms with Gasteiger partial charge in [-0.3, -0.25) is 9.69 Å². The van der Waals surface area contributed by atoms with Gasteiger partial charge in [0.1, 0.15) is 5.78 Å². The van der Waals surface area contributed by atoms with Crippen molar-refractivity contribution in [1.29, 1.82) is 0 Å². The summed E-state index contributed by atoms with van der Waals surface area (Å²) >= 11 is 0. The van der Waals surface area contributed by atoms with Crippen molar-refractivity contribution in [3.63, 3.8) is 0 Å². The van der Waals surface area contributed by atoms with Crippen LogP contribution in [0, 0.1) is 0 Å². The number of rotatable bonds is 2. The van der Waals surface area contributed by atoms with Crippen LogP contribution in [0.3, 0.4) is 0 Å². The highest BCUT2D eigenvalue weighted by molar-refractivity contribution is 5.79. The van der Waals surface area contributed by atoms with Gasteiger partial charge in [0.05, 0.1) is 6.10 Å². The molecule has 2 rings (SSSR count). The maximum absolute atomic E-state index is 11.1. The van der Waals surface area contributed by atoms with E-state index in [1.807, 2.05) is 0 Å². The summed E-state index contributed by atoms with van der Waals surface area (Å²) in [6.07, 6.45) is 5.56. The van der Waals surface area contributed by atoms with Crippen LogP contribution in [0.1, 0.15) is 32.1 Å². The molecule has 3 nitrogen and oxygen atoms in total. The zero-order valence-corrected chi connectivity index (χ0v) is 8.87. The van der Waals surface area contributed by atoms with Gasteiger partial charge in [0.2, 0.25) is 0 Å². The predicted octanol–water partition coefficient (Wildman–Crippen LogP) is 1.22. The lowest BCUT2D eigenvalue weighted by Gasteiger charge is -2.31. The topological polar surface area (TPSA) is 29.5 Å². The van der Waals surface area contributed by atoms with Gasteiger partial charge in [-0.2, -0.15) is 0 Å². The second-order valence-electron chi connectivity index (χ2n) is 4.40. The van der Waals surface area contributed by atoms with Crippen molar-refractivity contribution in [2.45, 2.75) is 44.2 Å². The molecule has 0 aromatic rings. The SMILES string of the molecule is COC1CCC(N2CCC(=O)CC2)C1. The predicted molar refractivity (Wildman–Crippen MR) is 54.3 cm³/mol. The maximum atomic E-state index is 11.1. The van der Waals surface area contributed by atoms with E-state index in [-0.39, 0.29) is 0 Å². The third-order valence-corrected chi connectivity index (χ3v) is 3.56. The molecular weight excluding hydrogens is 178 g/mol. The first-order valence-electron chi connectivity index (χ1n) is 5.58. The molecule has 2 unspecified atom stereocenters. The van der Waals surface area contributed by atoms with Crippen LogP contribution in [-0.2, 0) is 9.53 Å². The molecule has 0 aromatic heterocycles. The van der Waals surface area contributed by atoms with Crippen molar-refractivity contribution < 1.29 is 9.53 Å². The standard InChI is InChI=1S/C11H19NO2/c1-14-11-3-2-9(8-11)12-6-4-10(13)5-7-12/h9,11H,2-8H2,1H3. The third-order valence-electron chi connectivity index (χ3n) is 3.56. The first kappa shape index (κ1) is 10.1. The molecule has 2 aliphatic rings. The average molecular weight is 197 g/mol. The van der Waals surface area contributed by atoms with E-state index in [1.54, 1.807) is 7.11 Å². The molecular formula is C11H19NO2. The van der Waals surface area contributed by atoms with Gasteiger partial charge in [0.15, 0.2) is 0 Å². The molecule has 1 aliphatic carbocycles. The molecule has 0 spiro atoms. The average Bonchev–Trinajstić information content (AvgIpc) is 2.67. The Kier molecular flexibility index (Phi) is 3.19. The van der Waals surface area contributed by atoms with E-state index in [0.717, 1.165) is 32.4 Å². The highest BCUT2D eigenvalue weighted by Crippen LogP contribution is 2.27. The van der Waals surface area contributed by atoms with Crippen molar-refractivity contribution in [1.82, 2.24) is 4.90 Å². The Labute approximate surface area is 85.4 Å². The maximum Gasteiger partial charge on any atom is 0.135 e. The molecule has 2 fully saturated rings. The molecule has 14 heavy (non-hydrogen) atoms. The molecule has 0 aromatic carbocycles. The molecule has 80 valence electrons. The minimum Gasteiger partial charge on any atom is -0.381 e. The van der Waals surface area contributed by atoms with E-state index in [2.05, 4.69) is 4.90 Å². The summed E-state index contributed by atoms with van der Waals surface area (Å²) < 4.78 is 5.36. The molecule has 1 aliphatic heterocycles. The molecule has 1 saturated heterocycles. The number of nitrogens with zero attached hydrogens (tertiary/aromatic N) is 1. The number of ketones is 1. The monoisotopic (exact) mass is 197 g/mol. The first-order chi connectivity index (χ1) is 6.79. The molecule has 0 bridgehead atoms. The van der Waals surface area contributed by atoms with Crippen LogP contribution in [-0.4, -0.2) is 43.0 Å². The first-order valence-corrected chi connectivity index (χ1v) is 5.58. The minimum absolute atomic E-state index is 0.433. The van der Waals surface area contributed by atoms with Crippen LogP contribution in [0.4, 0.5) is 0 Å². The van der Waals surface area contributed by atoms with Gasteiger partial charge in [0, 0.05) is 39.1 Å². The van der Waals surface area contributed by atoms with Crippen molar-refractivity contribution in [3.05, 3.63) is 0 Å². The van der Waals surface area contributed by atoms with Crippen molar-refractivity contribution in [3.8, 4) is 0 Å². The molecule has 1 heterocycles. The molecule has 2 atom stereocenters. The lowest BCUT2D eigenvalue weighted by atomic mass is 10.1. The van der Waals surface area contributed by atoms with Crippen LogP contribution in [0.25, 0.3) is 0 Å².